The summed E-state index contributed by atoms with van der Waals surface area (Å²) in [4.78, 5) is 24.8. The molecule has 4 aliphatic carbocycles. The topological polar surface area (TPSA) is 34.1 Å². The lowest BCUT2D eigenvalue weighted by Gasteiger charge is -2.59. The van der Waals surface area contributed by atoms with Gasteiger partial charge in [0.05, 0.1) is 0 Å². The third kappa shape index (κ3) is 1.77. The van der Waals surface area contributed by atoms with Gasteiger partial charge < -0.3 is 0 Å². The van der Waals surface area contributed by atoms with Gasteiger partial charge in [-0.15, -0.1) is 0 Å². The van der Waals surface area contributed by atoms with Crippen LogP contribution >= 0.6 is 0 Å². The van der Waals surface area contributed by atoms with Gasteiger partial charge in [0.25, 0.3) is 0 Å². The van der Waals surface area contributed by atoms with Gasteiger partial charge in [-0.05, 0) is 67.6 Å². The predicted molar refractivity (Wildman–Crippen MR) is 81.7 cm³/mol. The van der Waals surface area contributed by atoms with Crippen molar-refractivity contribution in [3.05, 3.63) is 0 Å². The molecule has 0 saturated heterocycles. The fourth-order valence-corrected chi connectivity index (χ4v) is 5.97. The van der Waals surface area contributed by atoms with Crippen LogP contribution in [0.3, 0.4) is 0 Å². The molecule has 2 nitrogen and oxygen atoms in total. The lowest BCUT2D eigenvalue weighted by molar-refractivity contribution is -0.144. The summed E-state index contributed by atoms with van der Waals surface area (Å²) in [6.45, 7) is 4.00. The molecule has 0 spiro atoms. The van der Waals surface area contributed by atoms with Crippen molar-refractivity contribution in [2.24, 2.45) is 34.5 Å². The van der Waals surface area contributed by atoms with Crippen LogP contribution in [0.1, 0.15) is 77.0 Å². The third-order valence-electron chi connectivity index (χ3n) is 7.27. The van der Waals surface area contributed by atoms with Crippen molar-refractivity contribution in [2.75, 3.05) is 0 Å². The largest absolute Gasteiger partial charge is 0.300 e. The van der Waals surface area contributed by atoms with E-state index in [1.807, 2.05) is 6.92 Å². The number of Topliss-reactive ketones (excluding diaryl/α,β-unsaturated/α-hetero) is 2. The number of fused-ring (bicyclic) bond motifs is 5. The molecule has 0 N–H and O–H groups in total. The fraction of sp³-hybridized carbons (Fsp3) is 0.895. The van der Waals surface area contributed by atoms with Gasteiger partial charge in [0, 0.05) is 30.1 Å². The molecule has 0 aliphatic heterocycles. The van der Waals surface area contributed by atoms with E-state index in [2.05, 4.69) is 6.92 Å². The molecule has 4 fully saturated rings. The van der Waals surface area contributed by atoms with Crippen LogP contribution in [0, 0.1) is 34.5 Å². The lowest BCUT2D eigenvalue weighted by atomic mass is 9.45. The first-order valence-corrected chi connectivity index (χ1v) is 8.43. The second-order valence-corrected chi connectivity index (χ2v) is 8.02. The Morgan fingerprint density at radius 1 is 1.14 bits per heavy atom. The number of carbonyl (C=O) groups is 2. The van der Waals surface area contributed by atoms with E-state index < -0.39 is 36.3 Å². The van der Waals surface area contributed by atoms with E-state index in [9.17, 15) is 9.59 Å². The summed E-state index contributed by atoms with van der Waals surface area (Å²) in [5, 5.41) is 0. The molecule has 0 bridgehead atoms. The molecule has 0 amide bonds. The Hall–Kier alpha value is -0.660. The first kappa shape index (κ1) is 10.2. The monoisotopic (exact) mass is 292 g/mol. The quantitative estimate of drug-likeness (QED) is 0.671. The molecule has 9 atom stereocenters. The fourth-order valence-electron chi connectivity index (χ4n) is 5.97. The standard InChI is InChI=1S/C19H28O2/c1-18-9-7-13(20)11-12(18)3-4-14-15-5-6-17(21)19(15,2)10-8-16(14)18/h12,14-16H,3-11H2,1-2H3/t12-,14?,15?,16?,18-,19-/m0/s1/i7D,9D,11D,12D/t7-,9+,11+,12+,14?,15?,16?,18+,19+/m1. The molecule has 3 unspecified atom stereocenters. The van der Waals surface area contributed by atoms with Crippen molar-refractivity contribution < 1.29 is 15.1 Å². The first-order valence-electron chi connectivity index (χ1n) is 10.7. The van der Waals surface area contributed by atoms with Crippen LogP contribution in [0.15, 0.2) is 0 Å². The van der Waals surface area contributed by atoms with E-state index in [1.54, 1.807) is 0 Å². The molecule has 0 aromatic heterocycles. The minimum atomic E-state index is -1.27. The number of hydrogen-bond donors (Lipinski definition) is 0. The normalized spacial score (nSPS) is 69.8. The Morgan fingerprint density at radius 3 is 2.76 bits per heavy atom. The van der Waals surface area contributed by atoms with Gasteiger partial charge in [-0.2, -0.15) is 0 Å². The summed E-state index contributed by atoms with van der Waals surface area (Å²) < 4.78 is 34.3. The van der Waals surface area contributed by atoms with Gasteiger partial charge in [0.1, 0.15) is 11.6 Å². The third-order valence-corrected chi connectivity index (χ3v) is 7.27. The maximum atomic E-state index is 12.5. The van der Waals surface area contributed by atoms with Crippen LogP contribution in [0.2, 0.25) is 0 Å². The molecule has 0 aromatic carbocycles. The molecule has 0 heterocycles. The van der Waals surface area contributed by atoms with E-state index in [1.165, 1.54) is 0 Å². The minimum absolute atomic E-state index is 0.0685. The average molecular weight is 292 g/mol. The predicted octanol–water partition coefficient (Wildman–Crippen LogP) is 4.17. The lowest BCUT2D eigenvalue weighted by Crippen LogP contribution is -2.53. The van der Waals surface area contributed by atoms with E-state index in [-0.39, 0.29) is 17.3 Å². The molecule has 116 valence electrons. The summed E-state index contributed by atoms with van der Waals surface area (Å²) in [7, 11) is 0. The zero-order valence-electron chi connectivity index (χ0n) is 17.0. The molecule has 21 heavy (non-hydrogen) atoms. The van der Waals surface area contributed by atoms with E-state index in [4.69, 9.17) is 5.48 Å². The Morgan fingerprint density at radius 2 is 1.95 bits per heavy atom. The molecular formula is C19H28O2. The molecule has 0 radical (unpaired) electrons. The van der Waals surface area contributed by atoms with Crippen LogP contribution in [0.4, 0.5) is 0 Å². The van der Waals surface area contributed by atoms with Crippen molar-refractivity contribution in [2.45, 2.75) is 71.6 Å². The van der Waals surface area contributed by atoms with Crippen molar-refractivity contribution in [3.63, 3.8) is 0 Å². The molecule has 0 aromatic rings. The summed E-state index contributed by atoms with van der Waals surface area (Å²) in [5.74, 6) is -0.804. The van der Waals surface area contributed by atoms with Crippen molar-refractivity contribution in [1.82, 2.24) is 0 Å². The summed E-state index contributed by atoms with van der Waals surface area (Å²) in [6, 6.07) is 0. The molecule has 4 saturated carbocycles. The number of rotatable bonds is 0. The van der Waals surface area contributed by atoms with Crippen LogP contribution in [0.25, 0.3) is 0 Å². The highest BCUT2D eigenvalue weighted by Crippen LogP contribution is 2.65. The summed E-state index contributed by atoms with van der Waals surface area (Å²) in [5.41, 5.74) is -1.09. The highest BCUT2D eigenvalue weighted by atomic mass is 16.1. The summed E-state index contributed by atoms with van der Waals surface area (Å²) >= 11 is 0. The van der Waals surface area contributed by atoms with Gasteiger partial charge in [-0.1, -0.05) is 13.8 Å². The molecule has 4 aliphatic rings. The second kappa shape index (κ2) is 4.43. The maximum Gasteiger partial charge on any atom is 0.139 e. The van der Waals surface area contributed by atoms with Gasteiger partial charge in [0.2, 0.25) is 0 Å². The molecule has 2 heteroatoms. The Kier molecular flexibility index (Phi) is 2.14. The number of ketones is 2. The van der Waals surface area contributed by atoms with E-state index in [0.29, 0.717) is 24.5 Å². The number of hydrogen-bond acceptors (Lipinski definition) is 2. The van der Waals surface area contributed by atoms with Gasteiger partial charge >= 0.3 is 0 Å². The van der Waals surface area contributed by atoms with Crippen molar-refractivity contribution in [3.8, 4) is 0 Å². The zero-order chi connectivity index (χ0) is 18.4. The average Bonchev–Trinajstić information content (AvgIpc) is 2.89. The summed E-state index contributed by atoms with van der Waals surface area (Å²) in [6.07, 6.45) is 0.922. The molecule has 4 rings (SSSR count). The van der Waals surface area contributed by atoms with Crippen molar-refractivity contribution in [1.29, 1.82) is 0 Å². The maximum absolute atomic E-state index is 12.5. The Labute approximate surface area is 133 Å². The van der Waals surface area contributed by atoms with Gasteiger partial charge in [-0.3, -0.25) is 9.59 Å². The van der Waals surface area contributed by atoms with Crippen LogP contribution in [-0.4, -0.2) is 11.6 Å². The smallest absolute Gasteiger partial charge is 0.139 e. The van der Waals surface area contributed by atoms with Crippen molar-refractivity contribution >= 4 is 11.6 Å². The molecular weight excluding hydrogens is 260 g/mol. The highest BCUT2D eigenvalue weighted by Gasteiger charge is 2.60. The zero-order valence-corrected chi connectivity index (χ0v) is 13.0. The van der Waals surface area contributed by atoms with E-state index >= 15 is 0 Å². The second-order valence-electron chi connectivity index (χ2n) is 8.02. The Balaban J connectivity index is 1.78. The first-order chi connectivity index (χ1) is 11.6. The number of carbonyl (C=O) groups excluding carboxylic acids is 2. The van der Waals surface area contributed by atoms with Gasteiger partial charge in [0.15, 0.2) is 0 Å². The van der Waals surface area contributed by atoms with Crippen LogP contribution in [0.5, 0.6) is 0 Å². The Bertz CT molecular complexity index is 639. The SMILES string of the molecule is [2H][C@@H]1C(=O)[C@H]([2H])[C@H]([2H])[C@]2(C)C3CC[C@]4(C)C(=O)CCC4C3CC[C@@]12[2H]. The van der Waals surface area contributed by atoms with E-state index in [0.717, 1.165) is 25.7 Å². The van der Waals surface area contributed by atoms with Crippen LogP contribution < -0.4 is 0 Å². The highest BCUT2D eigenvalue weighted by molar-refractivity contribution is 5.87. The van der Waals surface area contributed by atoms with Crippen LogP contribution in [-0.2, 0) is 9.59 Å². The van der Waals surface area contributed by atoms with Gasteiger partial charge in [-0.25, -0.2) is 0 Å². The minimum Gasteiger partial charge on any atom is -0.300 e.